The predicted octanol–water partition coefficient (Wildman–Crippen LogP) is 14.7. The topological polar surface area (TPSA) is 26.4 Å². The summed E-state index contributed by atoms with van der Waals surface area (Å²) in [6.07, 6.45) is 0. The average molecular weight is 777 g/mol. The zero-order valence-electron chi connectivity index (χ0n) is 33.6. The van der Waals surface area contributed by atoms with E-state index in [1.54, 1.807) is 0 Å². The molecule has 284 valence electrons. The molecule has 0 fully saturated rings. The van der Waals surface area contributed by atoms with Crippen molar-refractivity contribution < 1.29 is 0 Å². The summed E-state index contributed by atoms with van der Waals surface area (Å²) in [5, 5.41) is 15.1. The quantitative estimate of drug-likeness (QED) is 0.161. The van der Waals surface area contributed by atoms with Crippen molar-refractivity contribution in [1.82, 2.24) is 8.97 Å². The molecule has 10 aromatic carbocycles. The molecule has 0 spiro atoms. The first-order valence-corrected chi connectivity index (χ1v) is 21.2. The average Bonchev–Trinajstić information content (AvgIpc) is 3.91. The second kappa shape index (κ2) is 11.5. The van der Waals surface area contributed by atoms with E-state index in [0.717, 1.165) is 54.8 Å². The number of para-hydroxylation sites is 2. The molecule has 0 amide bonds. The van der Waals surface area contributed by atoms with Crippen LogP contribution in [0.1, 0.15) is 25.0 Å². The number of pyridine rings is 1. The minimum atomic E-state index is -0.0660. The van der Waals surface area contributed by atoms with Gasteiger partial charge < -0.3 is 4.57 Å². The van der Waals surface area contributed by atoms with Crippen LogP contribution in [0.2, 0.25) is 0 Å². The molecule has 61 heavy (non-hydrogen) atoms. The lowest BCUT2D eigenvalue weighted by atomic mass is 9.82. The van der Waals surface area contributed by atoms with E-state index < -0.39 is 0 Å². The molecule has 3 heteroatoms. The second-order valence-electron chi connectivity index (χ2n) is 17.6. The van der Waals surface area contributed by atoms with Crippen molar-refractivity contribution in [2.45, 2.75) is 19.3 Å². The number of benzene rings is 10. The van der Waals surface area contributed by atoms with Crippen molar-refractivity contribution in [3.63, 3.8) is 0 Å². The van der Waals surface area contributed by atoms with Crippen molar-refractivity contribution in [3.05, 3.63) is 203 Å². The normalized spacial score (nSPS) is 13.6. The van der Waals surface area contributed by atoms with E-state index in [-0.39, 0.29) is 11.0 Å². The van der Waals surface area contributed by atoms with Crippen molar-refractivity contribution in [2.24, 2.45) is 0 Å². The Balaban J connectivity index is 0.975. The molecule has 3 aromatic heterocycles. The molecule has 0 aliphatic heterocycles. The SMILES string of the molecule is CC1(C)c2ccccc2-c2c1ccc1c2c2ccccc2n1-c1ccc2c3ccc(-c4ccc5c(c4)c4cccc6c7ccccc7c(=O)n5c64)cc3c3ccccc3c2c1. The molecule has 1 aliphatic rings. The van der Waals surface area contributed by atoms with Gasteiger partial charge in [0, 0.05) is 43.4 Å². The maximum Gasteiger partial charge on any atom is 0.263 e. The second-order valence-corrected chi connectivity index (χ2v) is 17.6. The fourth-order valence-corrected chi connectivity index (χ4v) is 11.5. The van der Waals surface area contributed by atoms with E-state index in [0.29, 0.717) is 0 Å². The Morgan fingerprint density at radius 3 is 1.74 bits per heavy atom. The molecule has 0 bridgehead atoms. The number of fused-ring (bicyclic) bond motifs is 18. The van der Waals surface area contributed by atoms with Crippen LogP contribution in [0, 0.1) is 0 Å². The largest absolute Gasteiger partial charge is 0.309 e. The molecule has 0 N–H and O–H groups in total. The summed E-state index contributed by atoms with van der Waals surface area (Å²) in [5.41, 5.74) is 13.3. The van der Waals surface area contributed by atoms with Crippen LogP contribution in [0.5, 0.6) is 0 Å². The summed E-state index contributed by atoms with van der Waals surface area (Å²) in [7, 11) is 0. The van der Waals surface area contributed by atoms with Gasteiger partial charge in [-0.1, -0.05) is 147 Å². The van der Waals surface area contributed by atoms with E-state index in [2.05, 4.69) is 182 Å². The molecule has 0 atom stereocenters. The first kappa shape index (κ1) is 33.1. The highest BCUT2D eigenvalue weighted by Crippen LogP contribution is 2.53. The summed E-state index contributed by atoms with van der Waals surface area (Å²) in [6.45, 7) is 4.72. The smallest absolute Gasteiger partial charge is 0.263 e. The molecule has 3 nitrogen and oxygen atoms in total. The summed E-state index contributed by atoms with van der Waals surface area (Å²) < 4.78 is 4.40. The molecule has 0 radical (unpaired) electrons. The van der Waals surface area contributed by atoms with Gasteiger partial charge in [-0.05, 0) is 120 Å². The van der Waals surface area contributed by atoms with E-state index in [1.165, 1.54) is 76.4 Å². The highest BCUT2D eigenvalue weighted by Gasteiger charge is 2.37. The minimum absolute atomic E-state index is 0.0331. The van der Waals surface area contributed by atoms with E-state index in [9.17, 15) is 4.79 Å². The Labute approximate surface area is 350 Å². The third kappa shape index (κ3) is 4.15. The van der Waals surface area contributed by atoms with Crippen LogP contribution >= 0.6 is 0 Å². The van der Waals surface area contributed by atoms with Gasteiger partial charge in [0.25, 0.3) is 5.56 Å². The maximum atomic E-state index is 14.0. The van der Waals surface area contributed by atoms with E-state index in [1.807, 2.05) is 22.6 Å². The van der Waals surface area contributed by atoms with Crippen molar-refractivity contribution >= 4 is 92.1 Å². The zero-order chi connectivity index (χ0) is 40.3. The summed E-state index contributed by atoms with van der Waals surface area (Å²) >= 11 is 0. The van der Waals surface area contributed by atoms with Crippen LogP contribution in [0.25, 0.3) is 120 Å². The number of hydrogen-bond donors (Lipinski definition) is 0. The molecule has 0 saturated heterocycles. The van der Waals surface area contributed by atoms with Gasteiger partial charge in [0.05, 0.1) is 22.1 Å². The highest BCUT2D eigenvalue weighted by molar-refractivity contribution is 6.27. The van der Waals surface area contributed by atoms with Gasteiger partial charge in [0.1, 0.15) is 0 Å². The lowest BCUT2D eigenvalue weighted by Crippen LogP contribution is -2.14. The third-order valence-corrected chi connectivity index (χ3v) is 14.2. The number of hydrogen-bond acceptors (Lipinski definition) is 1. The Bertz CT molecular complexity index is 4140. The van der Waals surface area contributed by atoms with Crippen LogP contribution in [0.15, 0.2) is 187 Å². The van der Waals surface area contributed by atoms with Crippen molar-refractivity contribution in [1.29, 1.82) is 0 Å². The van der Waals surface area contributed by atoms with Gasteiger partial charge >= 0.3 is 0 Å². The standard InChI is InChI=1S/C58H36N2O/c1-58(2)49-20-9-7-16-44(49)54-50(58)27-29-53-55(54)45-17-8-10-21-51(45)59(53)35-24-26-40-39-25-22-33(30-46(39)36-12-3-4-13-37(36)47(40)32-35)34-23-28-52-48(31-34)42-19-11-18-41-38-14-5-6-15-43(38)57(61)60(52)56(41)42/h3-32H,1-2H3. The Morgan fingerprint density at radius 1 is 0.393 bits per heavy atom. The van der Waals surface area contributed by atoms with Gasteiger partial charge in [-0.3, -0.25) is 9.20 Å². The maximum absolute atomic E-state index is 14.0. The molecule has 0 unspecified atom stereocenters. The van der Waals surface area contributed by atoms with Gasteiger partial charge in [0.15, 0.2) is 0 Å². The lowest BCUT2D eigenvalue weighted by Gasteiger charge is -2.21. The van der Waals surface area contributed by atoms with Gasteiger partial charge in [0.2, 0.25) is 0 Å². The van der Waals surface area contributed by atoms with Gasteiger partial charge in [-0.25, -0.2) is 0 Å². The van der Waals surface area contributed by atoms with Gasteiger partial charge in [-0.2, -0.15) is 0 Å². The Morgan fingerprint density at radius 2 is 0.951 bits per heavy atom. The third-order valence-electron chi connectivity index (χ3n) is 14.2. The molecule has 3 heterocycles. The van der Waals surface area contributed by atoms with Crippen LogP contribution < -0.4 is 5.56 Å². The summed E-state index contributed by atoms with van der Waals surface area (Å²) in [5.74, 6) is 0. The first-order valence-electron chi connectivity index (χ1n) is 21.2. The summed E-state index contributed by atoms with van der Waals surface area (Å²) in [6, 6.07) is 66.4. The number of nitrogens with zero attached hydrogens (tertiary/aromatic N) is 2. The fraction of sp³-hybridized carbons (Fsp3) is 0.0517. The number of aromatic nitrogens is 2. The van der Waals surface area contributed by atoms with Crippen LogP contribution in [-0.2, 0) is 5.41 Å². The monoisotopic (exact) mass is 776 g/mol. The zero-order valence-corrected chi connectivity index (χ0v) is 33.6. The highest BCUT2D eigenvalue weighted by atomic mass is 16.1. The molecular weight excluding hydrogens is 741 g/mol. The van der Waals surface area contributed by atoms with Crippen molar-refractivity contribution in [2.75, 3.05) is 0 Å². The van der Waals surface area contributed by atoms with Gasteiger partial charge in [-0.15, -0.1) is 0 Å². The predicted molar refractivity (Wildman–Crippen MR) is 257 cm³/mol. The van der Waals surface area contributed by atoms with Crippen molar-refractivity contribution in [3.8, 4) is 27.9 Å². The van der Waals surface area contributed by atoms with Crippen LogP contribution in [-0.4, -0.2) is 8.97 Å². The summed E-state index contributed by atoms with van der Waals surface area (Å²) in [4.78, 5) is 14.0. The van der Waals surface area contributed by atoms with Crippen LogP contribution in [0.4, 0.5) is 0 Å². The lowest BCUT2D eigenvalue weighted by molar-refractivity contribution is 0.661. The molecule has 13 aromatic rings. The molecular formula is C58H36N2O. The minimum Gasteiger partial charge on any atom is -0.309 e. The van der Waals surface area contributed by atoms with Crippen LogP contribution in [0.3, 0.4) is 0 Å². The molecule has 1 aliphatic carbocycles. The van der Waals surface area contributed by atoms with E-state index in [4.69, 9.17) is 0 Å². The fourth-order valence-electron chi connectivity index (χ4n) is 11.5. The Kier molecular flexibility index (Phi) is 6.24. The number of rotatable bonds is 2. The molecule has 14 rings (SSSR count). The first-order chi connectivity index (χ1) is 30.0. The molecule has 0 saturated carbocycles. The van der Waals surface area contributed by atoms with E-state index >= 15 is 0 Å². The Hall–Kier alpha value is -7.75.